The van der Waals surface area contributed by atoms with Gasteiger partial charge in [-0.3, -0.25) is 0 Å². The lowest BCUT2D eigenvalue weighted by atomic mass is 9.98. The van der Waals surface area contributed by atoms with Gasteiger partial charge in [0.1, 0.15) is 17.1 Å². The average molecular weight is 486 g/mol. The zero-order valence-electron chi connectivity index (χ0n) is 18.6. The van der Waals surface area contributed by atoms with E-state index in [1.807, 2.05) is 50.5 Å². The number of allylic oxidation sites excluding steroid dienone is 4. The maximum Gasteiger partial charge on any atom is 0.133 e. The van der Waals surface area contributed by atoms with Crippen molar-refractivity contribution in [1.82, 2.24) is 14.9 Å². The molecule has 2 heterocycles. The van der Waals surface area contributed by atoms with Crippen LogP contribution in [0, 0.1) is 0 Å². The van der Waals surface area contributed by atoms with E-state index >= 15 is 0 Å². The van der Waals surface area contributed by atoms with E-state index in [-0.39, 0.29) is 6.42 Å². The van der Waals surface area contributed by atoms with Crippen molar-refractivity contribution in [3.63, 3.8) is 0 Å². The van der Waals surface area contributed by atoms with Crippen LogP contribution in [0.2, 0.25) is 5.15 Å². The van der Waals surface area contributed by atoms with Crippen LogP contribution < -0.4 is 10.6 Å². The number of hydrogen-bond donors (Lipinski definition) is 2. The van der Waals surface area contributed by atoms with Crippen molar-refractivity contribution < 1.29 is 4.39 Å². The standard InChI is InChI=1S/C25H26Cl2FN5/c1-33(2)11-5-10-29-25-14-17(13-24(27)32-25)30-22-15-23(19-12-16(26)8-9-20(19)28)31-21-7-4-3-6-18(21)22/h3-4,6-8,12-15,20H,5,9-11H2,1-2H3,(H2,29,30,31,32). The molecule has 1 unspecified atom stereocenters. The maximum absolute atomic E-state index is 14.7. The predicted octanol–water partition coefficient (Wildman–Crippen LogP) is 6.64. The van der Waals surface area contributed by atoms with Gasteiger partial charge in [0.15, 0.2) is 0 Å². The van der Waals surface area contributed by atoms with Gasteiger partial charge >= 0.3 is 0 Å². The molecule has 172 valence electrons. The molecule has 1 atom stereocenters. The number of rotatable bonds is 8. The molecule has 1 aliphatic rings. The number of para-hydroxylation sites is 1. The normalized spacial score (nSPS) is 16.0. The second kappa shape index (κ2) is 10.5. The van der Waals surface area contributed by atoms with Crippen molar-refractivity contribution in [2.24, 2.45) is 0 Å². The van der Waals surface area contributed by atoms with Crippen molar-refractivity contribution in [1.29, 1.82) is 0 Å². The molecule has 1 aromatic carbocycles. The van der Waals surface area contributed by atoms with Crippen molar-refractivity contribution in [3.8, 4) is 0 Å². The lowest BCUT2D eigenvalue weighted by molar-refractivity contribution is 0.405. The summed E-state index contributed by atoms with van der Waals surface area (Å²) in [5, 5.41) is 8.58. The lowest BCUT2D eigenvalue weighted by Gasteiger charge is -2.18. The molecule has 5 nitrogen and oxygen atoms in total. The van der Waals surface area contributed by atoms with Gasteiger partial charge in [-0.2, -0.15) is 0 Å². The number of nitrogens with one attached hydrogen (secondary N) is 2. The van der Waals surface area contributed by atoms with E-state index in [0.29, 0.717) is 27.3 Å². The minimum atomic E-state index is -1.15. The van der Waals surface area contributed by atoms with Gasteiger partial charge in [0, 0.05) is 40.7 Å². The van der Waals surface area contributed by atoms with E-state index in [1.165, 1.54) is 0 Å². The van der Waals surface area contributed by atoms with Crippen LogP contribution in [0.3, 0.4) is 0 Å². The highest BCUT2D eigenvalue weighted by atomic mass is 35.5. The fourth-order valence-electron chi connectivity index (χ4n) is 3.73. The molecule has 0 fully saturated rings. The molecule has 0 amide bonds. The minimum Gasteiger partial charge on any atom is -0.370 e. The summed E-state index contributed by atoms with van der Waals surface area (Å²) in [7, 11) is 4.09. The molecule has 4 rings (SSSR count). The van der Waals surface area contributed by atoms with Crippen LogP contribution in [0.15, 0.2) is 59.6 Å². The SMILES string of the molecule is CN(C)CCCNc1cc(Nc2cc(C3=CC(Cl)=CCC3F)nc3ccccc23)cc(Cl)n1. The van der Waals surface area contributed by atoms with Gasteiger partial charge in [0.05, 0.1) is 16.9 Å². The molecule has 0 radical (unpaired) electrons. The first-order chi connectivity index (χ1) is 15.9. The zero-order valence-corrected chi connectivity index (χ0v) is 20.1. The largest absolute Gasteiger partial charge is 0.370 e. The van der Waals surface area contributed by atoms with Gasteiger partial charge in [0.2, 0.25) is 0 Å². The first-order valence-corrected chi connectivity index (χ1v) is 11.6. The lowest BCUT2D eigenvalue weighted by Crippen LogP contribution is -2.16. The van der Waals surface area contributed by atoms with Crippen LogP contribution in [-0.2, 0) is 0 Å². The molecule has 3 aromatic rings. The molecule has 33 heavy (non-hydrogen) atoms. The number of aromatic nitrogens is 2. The van der Waals surface area contributed by atoms with Crippen LogP contribution in [0.1, 0.15) is 18.5 Å². The summed E-state index contributed by atoms with van der Waals surface area (Å²) in [5.74, 6) is 0.693. The second-order valence-corrected chi connectivity index (χ2v) is 9.06. The summed E-state index contributed by atoms with van der Waals surface area (Å²) in [4.78, 5) is 11.2. The highest BCUT2D eigenvalue weighted by Gasteiger charge is 2.21. The van der Waals surface area contributed by atoms with Gasteiger partial charge in [-0.25, -0.2) is 14.4 Å². The molecule has 1 aliphatic carbocycles. The second-order valence-electron chi connectivity index (χ2n) is 8.24. The van der Waals surface area contributed by atoms with Crippen molar-refractivity contribution in [2.45, 2.75) is 19.0 Å². The number of anilines is 3. The van der Waals surface area contributed by atoms with Crippen molar-refractivity contribution >= 4 is 56.9 Å². The van der Waals surface area contributed by atoms with Crippen LogP contribution in [0.5, 0.6) is 0 Å². The van der Waals surface area contributed by atoms with E-state index < -0.39 is 6.17 Å². The third kappa shape index (κ3) is 6.02. The summed E-state index contributed by atoms with van der Waals surface area (Å²) in [5.41, 5.74) is 3.37. The summed E-state index contributed by atoms with van der Waals surface area (Å²) >= 11 is 12.5. The van der Waals surface area contributed by atoms with E-state index in [0.717, 1.165) is 41.8 Å². The number of fused-ring (bicyclic) bond motifs is 1. The van der Waals surface area contributed by atoms with Crippen LogP contribution in [0.4, 0.5) is 21.6 Å². The van der Waals surface area contributed by atoms with E-state index in [2.05, 4.69) is 20.5 Å². The summed E-state index contributed by atoms with van der Waals surface area (Å²) in [6, 6.07) is 13.3. The predicted molar refractivity (Wildman–Crippen MR) is 137 cm³/mol. The Morgan fingerprint density at radius 3 is 2.76 bits per heavy atom. The van der Waals surface area contributed by atoms with Gasteiger partial charge in [-0.15, -0.1) is 0 Å². The summed E-state index contributed by atoms with van der Waals surface area (Å²) in [6.45, 7) is 1.77. The Bertz CT molecular complexity index is 1210. The number of alkyl halides is 1. The smallest absolute Gasteiger partial charge is 0.133 e. The van der Waals surface area contributed by atoms with E-state index in [9.17, 15) is 4.39 Å². The fourth-order valence-corrected chi connectivity index (χ4v) is 4.14. The van der Waals surface area contributed by atoms with Gasteiger partial charge in [-0.05, 0) is 51.3 Å². The van der Waals surface area contributed by atoms with Gasteiger partial charge in [-0.1, -0.05) is 47.5 Å². The Kier molecular flexibility index (Phi) is 7.48. The molecule has 0 saturated heterocycles. The monoisotopic (exact) mass is 485 g/mol. The molecular weight excluding hydrogens is 460 g/mol. The topological polar surface area (TPSA) is 53.1 Å². The molecule has 2 aromatic heterocycles. The third-order valence-electron chi connectivity index (χ3n) is 5.32. The Morgan fingerprint density at radius 2 is 1.94 bits per heavy atom. The average Bonchev–Trinajstić information content (AvgIpc) is 2.78. The van der Waals surface area contributed by atoms with Crippen LogP contribution in [0.25, 0.3) is 16.5 Å². The number of benzene rings is 1. The molecule has 8 heteroatoms. The quantitative estimate of drug-likeness (QED) is 0.276. The molecule has 0 aliphatic heterocycles. The van der Waals surface area contributed by atoms with E-state index in [1.54, 1.807) is 18.2 Å². The Hall–Kier alpha value is -2.67. The summed E-state index contributed by atoms with van der Waals surface area (Å²) in [6.07, 6.45) is 3.41. The fraction of sp³-hybridized carbons (Fsp3) is 0.280. The number of pyridine rings is 2. The number of halogens is 3. The molecule has 0 saturated carbocycles. The Labute approximate surface area is 203 Å². The molecule has 2 N–H and O–H groups in total. The Morgan fingerprint density at radius 1 is 1.12 bits per heavy atom. The van der Waals surface area contributed by atoms with Gasteiger partial charge in [0.25, 0.3) is 0 Å². The van der Waals surface area contributed by atoms with Crippen LogP contribution >= 0.6 is 23.2 Å². The molecule has 0 spiro atoms. The Balaban J connectivity index is 1.65. The zero-order chi connectivity index (χ0) is 23.4. The minimum absolute atomic E-state index is 0.241. The van der Waals surface area contributed by atoms with E-state index in [4.69, 9.17) is 28.2 Å². The highest BCUT2D eigenvalue weighted by Crippen LogP contribution is 2.34. The number of hydrogen-bond acceptors (Lipinski definition) is 5. The third-order valence-corrected chi connectivity index (χ3v) is 5.78. The molecular formula is C25H26Cl2FN5. The first-order valence-electron chi connectivity index (χ1n) is 10.8. The maximum atomic E-state index is 14.7. The van der Waals surface area contributed by atoms with Gasteiger partial charge < -0.3 is 15.5 Å². The molecule has 0 bridgehead atoms. The van der Waals surface area contributed by atoms with Crippen molar-refractivity contribution in [3.05, 3.63) is 70.5 Å². The first kappa shape index (κ1) is 23.5. The van der Waals surface area contributed by atoms with Crippen LogP contribution in [-0.4, -0.2) is 48.2 Å². The highest BCUT2D eigenvalue weighted by molar-refractivity contribution is 6.32. The summed E-state index contributed by atoms with van der Waals surface area (Å²) < 4.78 is 14.7. The number of nitrogens with zero attached hydrogens (tertiary/aromatic N) is 3. The van der Waals surface area contributed by atoms with Crippen molar-refractivity contribution in [2.75, 3.05) is 37.8 Å².